The van der Waals surface area contributed by atoms with Gasteiger partial charge in [0.15, 0.2) is 0 Å². The van der Waals surface area contributed by atoms with Crippen molar-refractivity contribution in [3.8, 4) is 0 Å². The molecule has 2 N–H and O–H groups in total. The van der Waals surface area contributed by atoms with Gasteiger partial charge in [0.2, 0.25) is 0 Å². The number of halogens is 5. The van der Waals surface area contributed by atoms with Crippen molar-refractivity contribution in [1.82, 2.24) is 10.4 Å². The average Bonchev–Trinajstić information content (AvgIpc) is 2.51. The number of hydrogen-bond acceptors (Lipinski definition) is 5. The Bertz CT molecular complexity index is 399. The summed E-state index contributed by atoms with van der Waals surface area (Å²) in [6.45, 7) is 3.14. The number of carbonyl (C=O) groups excluding carboxylic acids is 1. The number of hydrazine groups is 1. The normalized spacial score (nSPS) is 24.4. The minimum Gasteiger partial charge on any atom is -0.451 e. The van der Waals surface area contributed by atoms with Gasteiger partial charge in [-0.2, -0.15) is 13.8 Å². The summed E-state index contributed by atoms with van der Waals surface area (Å²) in [7, 11) is 0.786. The van der Waals surface area contributed by atoms with Gasteiger partial charge in [-0.1, -0.05) is 6.58 Å². The third-order valence-electron chi connectivity index (χ3n) is 2.17. The lowest BCUT2D eigenvalue weighted by atomic mass is 10.1. The van der Waals surface area contributed by atoms with Crippen molar-refractivity contribution >= 4 is 6.09 Å². The molecule has 0 saturated carbocycles. The predicted molar refractivity (Wildman–Crippen MR) is 48.2 cm³/mol. The number of ether oxygens (including phenoxy) is 2. The minimum absolute atomic E-state index is 0.221. The van der Waals surface area contributed by atoms with Crippen LogP contribution in [0.1, 0.15) is 6.42 Å². The van der Waals surface area contributed by atoms with E-state index < -0.39 is 30.7 Å². The molecule has 0 aliphatic carbocycles. The SMILES string of the molecule is C=C1CC(O)(C(F)(F)OC(F)(F)F)N(C(=O)OC)N1. The minimum atomic E-state index is -5.72. The van der Waals surface area contributed by atoms with Crippen LogP contribution in [0.15, 0.2) is 12.3 Å². The van der Waals surface area contributed by atoms with E-state index in [-0.39, 0.29) is 10.7 Å². The highest BCUT2D eigenvalue weighted by Crippen LogP contribution is 2.43. The molecule has 0 radical (unpaired) electrons. The first-order valence-corrected chi connectivity index (χ1v) is 4.62. The second-order valence-corrected chi connectivity index (χ2v) is 3.58. The Labute approximate surface area is 103 Å². The molecule has 0 spiro atoms. The molecule has 1 fully saturated rings. The second kappa shape index (κ2) is 4.49. The zero-order chi connectivity index (χ0) is 15.1. The number of amides is 1. The van der Waals surface area contributed by atoms with Gasteiger partial charge >= 0.3 is 18.6 Å². The van der Waals surface area contributed by atoms with Crippen LogP contribution in [0.3, 0.4) is 0 Å². The van der Waals surface area contributed by atoms with Crippen molar-refractivity contribution in [3.63, 3.8) is 0 Å². The molecule has 11 heteroatoms. The molecule has 1 unspecified atom stereocenters. The zero-order valence-corrected chi connectivity index (χ0v) is 9.42. The van der Waals surface area contributed by atoms with Crippen LogP contribution in [-0.4, -0.2) is 41.5 Å². The fraction of sp³-hybridized carbons (Fsp3) is 0.625. The quantitative estimate of drug-likeness (QED) is 0.751. The van der Waals surface area contributed by atoms with Crippen LogP contribution in [0.25, 0.3) is 0 Å². The van der Waals surface area contributed by atoms with Gasteiger partial charge in [-0.25, -0.2) is 9.53 Å². The number of carbonyl (C=O) groups is 1. The Hall–Kier alpha value is -1.62. The number of methoxy groups -OCH3 is 1. The van der Waals surface area contributed by atoms with Crippen LogP contribution in [0, 0.1) is 0 Å². The van der Waals surface area contributed by atoms with Gasteiger partial charge in [-0.15, -0.1) is 13.2 Å². The summed E-state index contributed by atoms with van der Waals surface area (Å²) in [5.74, 6) is 0. The van der Waals surface area contributed by atoms with E-state index in [1.807, 2.05) is 5.43 Å². The molecule has 110 valence electrons. The fourth-order valence-corrected chi connectivity index (χ4v) is 1.41. The van der Waals surface area contributed by atoms with Crippen LogP contribution >= 0.6 is 0 Å². The highest BCUT2D eigenvalue weighted by molar-refractivity contribution is 5.68. The predicted octanol–water partition coefficient (Wildman–Crippen LogP) is 1.29. The van der Waals surface area contributed by atoms with Gasteiger partial charge in [-0.3, -0.25) is 5.43 Å². The van der Waals surface area contributed by atoms with E-state index in [2.05, 4.69) is 16.1 Å². The first-order valence-electron chi connectivity index (χ1n) is 4.62. The van der Waals surface area contributed by atoms with Gasteiger partial charge in [-0.05, 0) is 0 Å². The summed E-state index contributed by atoms with van der Waals surface area (Å²) in [5, 5.41) is 9.42. The zero-order valence-electron chi connectivity index (χ0n) is 9.42. The van der Waals surface area contributed by atoms with E-state index in [4.69, 9.17) is 0 Å². The van der Waals surface area contributed by atoms with Crippen LogP contribution in [0.5, 0.6) is 0 Å². The second-order valence-electron chi connectivity index (χ2n) is 3.58. The van der Waals surface area contributed by atoms with Gasteiger partial charge < -0.3 is 9.84 Å². The molecular weight excluding hydrogens is 283 g/mol. The van der Waals surface area contributed by atoms with E-state index in [0.717, 1.165) is 7.11 Å². The van der Waals surface area contributed by atoms with Crippen LogP contribution in [0.2, 0.25) is 0 Å². The van der Waals surface area contributed by atoms with Gasteiger partial charge in [0.1, 0.15) is 0 Å². The first kappa shape index (κ1) is 15.4. The third kappa shape index (κ3) is 2.87. The average molecular weight is 292 g/mol. The standard InChI is InChI=1S/C8H9F5N2O4/c1-4-3-6(17,15(14-4)5(16)18-2)7(9,10)19-8(11,12)13/h14,17H,1,3H2,2H3. The van der Waals surface area contributed by atoms with E-state index >= 15 is 0 Å². The van der Waals surface area contributed by atoms with Gasteiger partial charge in [0, 0.05) is 12.1 Å². The van der Waals surface area contributed by atoms with E-state index in [9.17, 15) is 31.9 Å². The molecule has 1 amide bonds. The van der Waals surface area contributed by atoms with Crippen molar-refractivity contribution in [3.05, 3.63) is 12.3 Å². The molecule has 1 aliphatic rings. The van der Waals surface area contributed by atoms with E-state index in [1.165, 1.54) is 0 Å². The van der Waals surface area contributed by atoms with E-state index in [0.29, 0.717) is 0 Å². The summed E-state index contributed by atoms with van der Waals surface area (Å²) >= 11 is 0. The van der Waals surface area contributed by atoms with Crippen molar-refractivity contribution in [1.29, 1.82) is 0 Å². The molecule has 1 atom stereocenters. The first-order chi connectivity index (χ1) is 8.43. The molecule has 0 aromatic carbocycles. The lowest BCUT2D eigenvalue weighted by Gasteiger charge is -2.36. The summed E-state index contributed by atoms with van der Waals surface area (Å²) < 4.78 is 69.1. The number of rotatable bonds is 2. The third-order valence-corrected chi connectivity index (χ3v) is 2.17. The molecule has 0 bridgehead atoms. The number of aliphatic hydroxyl groups is 1. The van der Waals surface area contributed by atoms with Crippen molar-refractivity contribution in [2.45, 2.75) is 24.6 Å². The van der Waals surface area contributed by atoms with Crippen LogP contribution in [-0.2, 0) is 9.47 Å². The van der Waals surface area contributed by atoms with Crippen molar-refractivity contribution in [2.24, 2.45) is 0 Å². The van der Waals surface area contributed by atoms with E-state index in [1.54, 1.807) is 0 Å². The summed E-state index contributed by atoms with van der Waals surface area (Å²) in [5.41, 5.74) is -2.07. The fourth-order valence-electron chi connectivity index (χ4n) is 1.41. The van der Waals surface area contributed by atoms with Crippen LogP contribution < -0.4 is 5.43 Å². The molecule has 1 heterocycles. The number of hydrogen-bond donors (Lipinski definition) is 2. The maximum absolute atomic E-state index is 13.4. The lowest BCUT2D eigenvalue weighted by molar-refractivity contribution is -0.469. The maximum Gasteiger partial charge on any atom is 0.527 e. The van der Waals surface area contributed by atoms with Crippen molar-refractivity contribution in [2.75, 3.05) is 7.11 Å². The van der Waals surface area contributed by atoms with Crippen LogP contribution in [0.4, 0.5) is 26.7 Å². The highest BCUT2D eigenvalue weighted by Gasteiger charge is 2.67. The van der Waals surface area contributed by atoms with Gasteiger partial charge in [0.25, 0.3) is 5.72 Å². The number of alkyl halides is 5. The molecule has 1 aliphatic heterocycles. The van der Waals surface area contributed by atoms with Gasteiger partial charge in [0.05, 0.1) is 7.11 Å². The number of nitrogens with one attached hydrogen (secondary N) is 1. The molecule has 19 heavy (non-hydrogen) atoms. The molecule has 1 saturated heterocycles. The van der Waals surface area contributed by atoms with Crippen molar-refractivity contribution < 1.29 is 41.3 Å². The summed E-state index contributed by atoms with van der Waals surface area (Å²) in [6, 6.07) is 0. The Morgan fingerprint density at radius 3 is 2.42 bits per heavy atom. The maximum atomic E-state index is 13.4. The summed E-state index contributed by atoms with van der Waals surface area (Å²) in [4.78, 5) is 11.2. The lowest BCUT2D eigenvalue weighted by Crippen LogP contribution is -2.63. The Morgan fingerprint density at radius 1 is 1.47 bits per heavy atom. The Morgan fingerprint density at radius 2 is 2.00 bits per heavy atom. The molecule has 6 nitrogen and oxygen atoms in total. The smallest absolute Gasteiger partial charge is 0.451 e. The molecule has 0 aromatic heterocycles. The molecule has 1 rings (SSSR count). The Kier molecular flexibility index (Phi) is 3.65. The molecule has 0 aromatic rings. The highest BCUT2D eigenvalue weighted by atomic mass is 19.4. The number of nitrogens with zero attached hydrogens (tertiary/aromatic N) is 1. The molecular formula is C8H9F5N2O4. The Balaban J connectivity index is 3.11. The summed E-state index contributed by atoms with van der Waals surface area (Å²) in [6.07, 6.45) is -13.5. The largest absolute Gasteiger partial charge is 0.527 e. The topological polar surface area (TPSA) is 71.0 Å². The monoisotopic (exact) mass is 292 g/mol.